The molecule has 19 heavy (non-hydrogen) atoms. The monoisotopic (exact) mass is 304 g/mol. The van der Waals surface area contributed by atoms with E-state index in [4.69, 9.17) is 4.74 Å². The molecule has 0 aromatic carbocycles. The Labute approximate surface area is 118 Å². The summed E-state index contributed by atoms with van der Waals surface area (Å²) in [6.07, 6.45) is 0.823. The van der Waals surface area contributed by atoms with Crippen molar-refractivity contribution >= 4 is 21.4 Å². The van der Waals surface area contributed by atoms with Gasteiger partial charge >= 0.3 is 0 Å². The molecule has 0 saturated carbocycles. The number of thiophene rings is 1. The van der Waals surface area contributed by atoms with Crippen molar-refractivity contribution in [1.82, 2.24) is 9.62 Å². The average molecular weight is 304 g/mol. The zero-order valence-corrected chi connectivity index (χ0v) is 12.7. The van der Waals surface area contributed by atoms with E-state index >= 15 is 0 Å². The van der Waals surface area contributed by atoms with Crippen LogP contribution in [-0.4, -0.2) is 52.7 Å². The molecule has 7 heteroatoms. The zero-order valence-electron chi connectivity index (χ0n) is 11.1. The Morgan fingerprint density at radius 2 is 2.11 bits per heavy atom. The van der Waals surface area contributed by atoms with Crippen LogP contribution in [0, 0.1) is 6.92 Å². The van der Waals surface area contributed by atoms with E-state index in [-0.39, 0.29) is 0 Å². The van der Waals surface area contributed by atoms with Crippen LogP contribution in [0.1, 0.15) is 11.3 Å². The van der Waals surface area contributed by atoms with Crippen LogP contribution >= 0.6 is 11.3 Å². The molecule has 0 aliphatic carbocycles. The molecule has 0 unspecified atom stereocenters. The van der Waals surface area contributed by atoms with E-state index in [0.717, 1.165) is 44.1 Å². The van der Waals surface area contributed by atoms with Gasteiger partial charge in [0.15, 0.2) is 0 Å². The Morgan fingerprint density at radius 1 is 1.37 bits per heavy atom. The van der Waals surface area contributed by atoms with Crippen molar-refractivity contribution < 1.29 is 13.2 Å². The van der Waals surface area contributed by atoms with Crippen molar-refractivity contribution in [1.29, 1.82) is 0 Å². The number of ether oxygens (including phenoxy) is 1. The number of sulfonamides is 1. The summed E-state index contributed by atoms with van der Waals surface area (Å²) in [5, 5.41) is 0. The SMILES string of the molecule is Cc1ccc(S(=O)(=O)NCCCN2CCOCC2)s1. The van der Waals surface area contributed by atoms with Gasteiger partial charge in [0.05, 0.1) is 13.2 Å². The number of nitrogens with zero attached hydrogens (tertiary/aromatic N) is 1. The number of rotatable bonds is 6. The topological polar surface area (TPSA) is 58.6 Å². The fourth-order valence-electron chi connectivity index (χ4n) is 1.96. The summed E-state index contributed by atoms with van der Waals surface area (Å²) in [6, 6.07) is 3.48. The van der Waals surface area contributed by atoms with Gasteiger partial charge in [-0.25, -0.2) is 13.1 Å². The maximum absolute atomic E-state index is 12.0. The molecule has 5 nitrogen and oxygen atoms in total. The fraction of sp³-hybridized carbons (Fsp3) is 0.667. The van der Waals surface area contributed by atoms with Crippen LogP contribution in [0.4, 0.5) is 0 Å². The molecule has 0 spiro atoms. The van der Waals surface area contributed by atoms with E-state index in [9.17, 15) is 8.42 Å². The Kier molecular flexibility index (Phi) is 5.35. The van der Waals surface area contributed by atoms with Gasteiger partial charge < -0.3 is 4.74 Å². The third kappa shape index (κ3) is 4.54. The first-order valence-electron chi connectivity index (χ1n) is 6.44. The van der Waals surface area contributed by atoms with Gasteiger partial charge in [-0.3, -0.25) is 4.90 Å². The van der Waals surface area contributed by atoms with Gasteiger partial charge in [0.25, 0.3) is 0 Å². The molecule has 0 amide bonds. The lowest BCUT2D eigenvalue weighted by Crippen LogP contribution is -2.38. The van der Waals surface area contributed by atoms with Crippen LogP contribution in [-0.2, 0) is 14.8 Å². The van der Waals surface area contributed by atoms with Crippen molar-refractivity contribution in [2.45, 2.75) is 17.6 Å². The van der Waals surface area contributed by atoms with Gasteiger partial charge in [-0.05, 0) is 32.0 Å². The van der Waals surface area contributed by atoms with Gasteiger partial charge in [-0.15, -0.1) is 11.3 Å². The highest BCUT2D eigenvalue weighted by molar-refractivity contribution is 7.91. The van der Waals surface area contributed by atoms with Gasteiger partial charge in [0, 0.05) is 24.5 Å². The fourth-order valence-corrected chi connectivity index (χ4v) is 4.36. The van der Waals surface area contributed by atoms with E-state index in [1.165, 1.54) is 11.3 Å². The number of morpholine rings is 1. The minimum atomic E-state index is -3.32. The lowest BCUT2D eigenvalue weighted by Gasteiger charge is -2.26. The largest absolute Gasteiger partial charge is 0.379 e. The summed E-state index contributed by atoms with van der Waals surface area (Å²) in [4.78, 5) is 3.31. The van der Waals surface area contributed by atoms with Crippen LogP contribution in [0.25, 0.3) is 0 Å². The summed E-state index contributed by atoms with van der Waals surface area (Å²) < 4.78 is 32.2. The zero-order chi connectivity index (χ0) is 13.7. The minimum absolute atomic E-state index is 0.399. The molecule has 1 aliphatic rings. The number of nitrogens with one attached hydrogen (secondary N) is 1. The Hall–Kier alpha value is -0.470. The second-order valence-corrected chi connectivity index (χ2v) is 7.85. The van der Waals surface area contributed by atoms with Crippen LogP contribution in [0.2, 0.25) is 0 Å². The molecular weight excluding hydrogens is 284 g/mol. The molecule has 1 N–H and O–H groups in total. The van der Waals surface area contributed by atoms with E-state index in [0.29, 0.717) is 10.8 Å². The Balaban J connectivity index is 1.72. The van der Waals surface area contributed by atoms with Gasteiger partial charge in [-0.2, -0.15) is 0 Å². The van der Waals surface area contributed by atoms with E-state index in [1.54, 1.807) is 6.07 Å². The van der Waals surface area contributed by atoms with Gasteiger partial charge in [0.2, 0.25) is 10.0 Å². The van der Waals surface area contributed by atoms with E-state index < -0.39 is 10.0 Å². The molecule has 108 valence electrons. The summed E-state index contributed by atoms with van der Waals surface area (Å²) in [5.74, 6) is 0. The Morgan fingerprint density at radius 3 is 2.74 bits per heavy atom. The standard InChI is InChI=1S/C12H20N2O3S2/c1-11-3-4-12(18-11)19(15,16)13-5-2-6-14-7-9-17-10-8-14/h3-4,13H,2,5-10H2,1H3. The predicted molar refractivity (Wildman–Crippen MR) is 76.1 cm³/mol. The first-order chi connectivity index (χ1) is 9.08. The van der Waals surface area contributed by atoms with Crippen LogP contribution < -0.4 is 4.72 Å². The highest BCUT2D eigenvalue weighted by atomic mass is 32.2. The molecule has 2 rings (SSSR count). The van der Waals surface area contributed by atoms with Crippen LogP contribution in [0.3, 0.4) is 0 Å². The molecule has 0 bridgehead atoms. The number of aryl methyl sites for hydroxylation is 1. The second-order valence-electron chi connectivity index (χ2n) is 4.57. The molecule has 2 heterocycles. The first kappa shape index (κ1) is 14.9. The number of hydrogen-bond acceptors (Lipinski definition) is 5. The minimum Gasteiger partial charge on any atom is -0.379 e. The Bertz CT molecular complexity index is 493. The van der Waals surface area contributed by atoms with E-state index in [1.807, 2.05) is 13.0 Å². The van der Waals surface area contributed by atoms with Gasteiger partial charge in [0.1, 0.15) is 4.21 Å². The molecule has 1 aromatic rings. The smallest absolute Gasteiger partial charge is 0.250 e. The molecular formula is C12H20N2O3S2. The average Bonchev–Trinajstić information content (AvgIpc) is 2.84. The normalized spacial score (nSPS) is 17.7. The number of hydrogen-bond donors (Lipinski definition) is 1. The molecule has 1 saturated heterocycles. The third-order valence-electron chi connectivity index (χ3n) is 3.03. The lowest BCUT2D eigenvalue weighted by molar-refractivity contribution is 0.0376. The molecule has 0 atom stereocenters. The molecule has 0 radical (unpaired) electrons. The molecule has 1 aromatic heterocycles. The van der Waals surface area contributed by atoms with Crippen molar-refractivity contribution in [3.05, 3.63) is 17.0 Å². The third-order valence-corrected chi connectivity index (χ3v) is 5.98. The second kappa shape index (κ2) is 6.81. The summed E-state index contributed by atoms with van der Waals surface area (Å²) in [6.45, 7) is 6.74. The summed E-state index contributed by atoms with van der Waals surface area (Å²) >= 11 is 1.30. The predicted octanol–water partition coefficient (Wildman–Crippen LogP) is 1.06. The van der Waals surface area contributed by atoms with Crippen LogP contribution in [0.5, 0.6) is 0 Å². The van der Waals surface area contributed by atoms with E-state index in [2.05, 4.69) is 9.62 Å². The van der Waals surface area contributed by atoms with Crippen molar-refractivity contribution in [3.8, 4) is 0 Å². The molecule has 1 aliphatic heterocycles. The molecule has 1 fully saturated rings. The lowest BCUT2D eigenvalue weighted by atomic mass is 10.3. The highest BCUT2D eigenvalue weighted by Gasteiger charge is 2.15. The maximum Gasteiger partial charge on any atom is 0.250 e. The van der Waals surface area contributed by atoms with Gasteiger partial charge in [-0.1, -0.05) is 0 Å². The van der Waals surface area contributed by atoms with Crippen molar-refractivity contribution in [3.63, 3.8) is 0 Å². The van der Waals surface area contributed by atoms with Crippen molar-refractivity contribution in [2.75, 3.05) is 39.4 Å². The van der Waals surface area contributed by atoms with Crippen molar-refractivity contribution in [2.24, 2.45) is 0 Å². The highest BCUT2D eigenvalue weighted by Crippen LogP contribution is 2.20. The summed E-state index contributed by atoms with van der Waals surface area (Å²) in [5.41, 5.74) is 0. The maximum atomic E-state index is 12.0. The van der Waals surface area contributed by atoms with Crippen LogP contribution in [0.15, 0.2) is 16.3 Å². The summed E-state index contributed by atoms with van der Waals surface area (Å²) in [7, 11) is -3.32. The quantitative estimate of drug-likeness (QED) is 0.798. The first-order valence-corrected chi connectivity index (χ1v) is 8.74.